The molecule has 0 aliphatic rings. The van der Waals surface area contributed by atoms with E-state index in [0.29, 0.717) is 11.8 Å². The van der Waals surface area contributed by atoms with Gasteiger partial charge in [0.05, 0.1) is 0 Å². The Morgan fingerprint density at radius 1 is 0.326 bits per heavy atom. The predicted octanol–water partition coefficient (Wildman–Crippen LogP) is 12.4. The average Bonchev–Trinajstić information content (AvgIpc) is 3.08. The van der Waals surface area contributed by atoms with Gasteiger partial charge in [0.1, 0.15) is 0 Å². The molecule has 2 nitrogen and oxygen atoms in total. The maximum absolute atomic E-state index is 5.84. The van der Waals surface area contributed by atoms with E-state index in [9.17, 15) is 0 Å². The van der Waals surface area contributed by atoms with Crippen molar-refractivity contribution in [3.8, 4) is 0 Å². The van der Waals surface area contributed by atoms with Crippen LogP contribution in [0.4, 0.5) is 11.4 Å². The SMILES string of the molecule is CC(c1ccc(N)cc1)c1ccc(CCCCCCCCCCCCCCCCc2ccc(C(C)c3ccc(N)cc3)cc2)cc1. The molecule has 2 heteroatoms. The van der Waals surface area contributed by atoms with Crippen LogP contribution in [0, 0.1) is 0 Å². The molecular weight excluding hydrogens is 556 g/mol. The molecule has 0 amide bonds. The van der Waals surface area contributed by atoms with E-state index >= 15 is 0 Å². The van der Waals surface area contributed by atoms with Crippen molar-refractivity contribution in [2.45, 2.75) is 128 Å². The van der Waals surface area contributed by atoms with Crippen molar-refractivity contribution in [2.24, 2.45) is 0 Å². The van der Waals surface area contributed by atoms with Crippen molar-refractivity contribution in [3.63, 3.8) is 0 Å². The van der Waals surface area contributed by atoms with Gasteiger partial charge in [-0.2, -0.15) is 0 Å². The van der Waals surface area contributed by atoms with Crippen LogP contribution in [0.1, 0.15) is 149 Å². The fourth-order valence-electron chi connectivity index (χ4n) is 6.68. The summed E-state index contributed by atoms with van der Waals surface area (Å²) in [5, 5.41) is 0. The molecule has 4 rings (SSSR count). The van der Waals surface area contributed by atoms with Crippen molar-refractivity contribution in [3.05, 3.63) is 130 Å². The Morgan fingerprint density at radius 3 is 0.804 bits per heavy atom. The number of anilines is 2. The molecule has 46 heavy (non-hydrogen) atoms. The van der Waals surface area contributed by atoms with E-state index in [1.54, 1.807) is 0 Å². The van der Waals surface area contributed by atoms with Crippen molar-refractivity contribution >= 4 is 11.4 Å². The van der Waals surface area contributed by atoms with Gasteiger partial charge in [-0.1, -0.05) is 164 Å². The highest BCUT2D eigenvalue weighted by Gasteiger charge is 2.09. The highest BCUT2D eigenvalue weighted by Crippen LogP contribution is 2.27. The first-order valence-corrected chi connectivity index (χ1v) is 18.4. The van der Waals surface area contributed by atoms with E-state index in [4.69, 9.17) is 11.5 Å². The van der Waals surface area contributed by atoms with Gasteiger partial charge >= 0.3 is 0 Å². The van der Waals surface area contributed by atoms with Crippen LogP contribution >= 0.6 is 0 Å². The second kappa shape index (κ2) is 19.9. The average molecular weight is 617 g/mol. The van der Waals surface area contributed by atoms with Gasteiger partial charge in [0.2, 0.25) is 0 Å². The molecule has 246 valence electrons. The maximum atomic E-state index is 5.84. The van der Waals surface area contributed by atoms with Crippen LogP contribution in [0.25, 0.3) is 0 Å². The van der Waals surface area contributed by atoms with E-state index in [1.807, 2.05) is 24.3 Å². The molecule has 0 aromatic heterocycles. The number of nitrogen functional groups attached to an aromatic ring is 2. The molecule has 0 aliphatic heterocycles. The number of aryl methyl sites for hydroxylation is 2. The predicted molar refractivity (Wildman–Crippen MR) is 202 cm³/mol. The molecule has 0 spiro atoms. The Hall–Kier alpha value is -3.52. The van der Waals surface area contributed by atoms with Crippen molar-refractivity contribution in [2.75, 3.05) is 11.5 Å². The lowest BCUT2D eigenvalue weighted by Gasteiger charge is -2.13. The molecule has 2 atom stereocenters. The Labute approximate surface area is 281 Å². The van der Waals surface area contributed by atoms with Gasteiger partial charge in [0, 0.05) is 23.2 Å². The molecule has 0 saturated heterocycles. The number of rotatable bonds is 21. The van der Waals surface area contributed by atoms with Gasteiger partial charge < -0.3 is 11.5 Å². The molecule has 0 radical (unpaired) electrons. The third-order valence-corrected chi connectivity index (χ3v) is 10.0. The van der Waals surface area contributed by atoms with Gasteiger partial charge in [-0.3, -0.25) is 0 Å². The molecule has 0 aliphatic carbocycles. The van der Waals surface area contributed by atoms with Crippen molar-refractivity contribution in [1.29, 1.82) is 0 Å². The van der Waals surface area contributed by atoms with Crippen LogP contribution in [0.2, 0.25) is 0 Å². The van der Waals surface area contributed by atoms with Gasteiger partial charge in [0.15, 0.2) is 0 Å². The normalized spacial score (nSPS) is 12.7. The molecule has 0 saturated carbocycles. The summed E-state index contributed by atoms with van der Waals surface area (Å²) in [6.07, 6.45) is 21.9. The second-order valence-corrected chi connectivity index (χ2v) is 13.7. The third-order valence-electron chi connectivity index (χ3n) is 10.0. The fraction of sp³-hybridized carbons (Fsp3) is 0.455. The summed E-state index contributed by atoms with van der Waals surface area (Å²) in [6.45, 7) is 4.55. The minimum atomic E-state index is 0.400. The van der Waals surface area contributed by atoms with Crippen LogP contribution in [-0.4, -0.2) is 0 Å². The first-order chi connectivity index (χ1) is 22.5. The van der Waals surface area contributed by atoms with Crippen LogP contribution in [0.5, 0.6) is 0 Å². The Balaban J connectivity index is 0.924. The first-order valence-electron chi connectivity index (χ1n) is 18.4. The van der Waals surface area contributed by atoms with Crippen LogP contribution < -0.4 is 11.5 Å². The van der Waals surface area contributed by atoms with Crippen LogP contribution in [0.3, 0.4) is 0 Å². The van der Waals surface area contributed by atoms with Crippen molar-refractivity contribution < 1.29 is 0 Å². The molecule has 0 fully saturated rings. The number of nitrogens with two attached hydrogens (primary N) is 2. The van der Waals surface area contributed by atoms with E-state index in [2.05, 4.69) is 86.6 Å². The van der Waals surface area contributed by atoms with Gasteiger partial charge in [-0.05, 0) is 83.3 Å². The summed E-state index contributed by atoms with van der Waals surface area (Å²) in [7, 11) is 0. The lowest BCUT2D eigenvalue weighted by atomic mass is 9.92. The first kappa shape index (κ1) is 35.3. The third kappa shape index (κ3) is 12.3. The lowest BCUT2D eigenvalue weighted by Crippen LogP contribution is -1.97. The zero-order valence-electron chi connectivity index (χ0n) is 28.9. The number of benzene rings is 4. The second-order valence-electron chi connectivity index (χ2n) is 13.7. The van der Waals surface area contributed by atoms with Gasteiger partial charge in [-0.25, -0.2) is 0 Å². The Kier molecular flexibility index (Phi) is 15.3. The molecule has 4 aromatic rings. The lowest BCUT2D eigenvalue weighted by molar-refractivity contribution is 0.533. The molecular formula is C44H60N2. The minimum absolute atomic E-state index is 0.400. The Morgan fingerprint density at radius 2 is 0.543 bits per heavy atom. The molecule has 4 N–H and O–H groups in total. The molecule has 0 heterocycles. The summed E-state index contributed by atoms with van der Waals surface area (Å²) in [4.78, 5) is 0. The number of hydrogen-bond donors (Lipinski definition) is 2. The summed E-state index contributed by atoms with van der Waals surface area (Å²) in [6, 6.07) is 35.1. The van der Waals surface area contributed by atoms with Crippen molar-refractivity contribution in [1.82, 2.24) is 0 Å². The topological polar surface area (TPSA) is 52.0 Å². The monoisotopic (exact) mass is 616 g/mol. The summed E-state index contributed by atoms with van der Waals surface area (Å²) >= 11 is 0. The molecule has 2 unspecified atom stereocenters. The fourth-order valence-corrected chi connectivity index (χ4v) is 6.68. The zero-order valence-corrected chi connectivity index (χ0v) is 28.9. The quantitative estimate of drug-likeness (QED) is 0.0723. The minimum Gasteiger partial charge on any atom is -0.399 e. The summed E-state index contributed by atoms with van der Waals surface area (Å²) in [5.74, 6) is 0.800. The summed E-state index contributed by atoms with van der Waals surface area (Å²) < 4.78 is 0. The zero-order chi connectivity index (χ0) is 32.4. The van der Waals surface area contributed by atoms with Crippen LogP contribution in [0.15, 0.2) is 97.1 Å². The number of hydrogen-bond acceptors (Lipinski definition) is 2. The molecule has 0 bridgehead atoms. The number of unbranched alkanes of at least 4 members (excludes halogenated alkanes) is 13. The van der Waals surface area contributed by atoms with E-state index in [0.717, 1.165) is 11.4 Å². The van der Waals surface area contributed by atoms with Gasteiger partial charge in [-0.15, -0.1) is 0 Å². The standard InChI is InChI=1S/C44H60N2/c1-35(41-27-31-43(45)32-28-41)39-23-19-37(20-24-39)17-15-13-11-9-7-5-3-4-6-8-10-12-14-16-18-38-21-25-40(26-22-38)36(2)42-29-33-44(46)34-30-42/h19-36H,3-18,45-46H2,1-2H3. The smallest absolute Gasteiger partial charge is 0.0314 e. The van der Waals surface area contributed by atoms with E-state index in [-0.39, 0.29) is 0 Å². The van der Waals surface area contributed by atoms with E-state index in [1.165, 1.54) is 136 Å². The molecule has 4 aromatic carbocycles. The Bertz CT molecular complexity index is 1240. The van der Waals surface area contributed by atoms with Crippen LogP contribution in [-0.2, 0) is 12.8 Å². The van der Waals surface area contributed by atoms with E-state index < -0.39 is 0 Å². The maximum Gasteiger partial charge on any atom is 0.0314 e. The van der Waals surface area contributed by atoms with Gasteiger partial charge in [0.25, 0.3) is 0 Å². The highest BCUT2D eigenvalue weighted by molar-refractivity contribution is 5.44. The highest BCUT2D eigenvalue weighted by atomic mass is 14.5. The summed E-state index contributed by atoms with van der Waals surface area (Å²) in [5.41, 5.74) is 21.7. The largest absolute Gasteiger partial charge is 0.399 e.